The van der Waals surface area contributed by atoms with E-state index >= 15 is 0 Å². The van der Waals surface area contributed by atoms with Gasteiger partial charge in [0.15, 0.2) is 5.75 Å². The number of Topliss-reactive ketones (excluding diaryl/α,β-unsaturated/α-hetero) is 1. The number of nitrogens with zero attached hydrogens (tertiary/aromatic N) is 3. The molecule has 1 unspecified atom stereocenters. The number of ketones is 1. The lowest BCUT2D eigenvalue weighted by Gasteiger charge is -2.22. The number of likely N-dealkylation sites (N-methyl/N-ethyl adjacent to an activating group) is 1. The molecule has 314 valence electrons. The van der Waals surface area contributed by atoms with Gasteiger partial charge in [0.2, 0.25) is 17.8 Å². The molecule has 1 atom stereocenters. The molecule has 5 aromatic carbocycles. The highest BCUT2D eigenvalue weighted by molar-refractivity contribution is 7.94. The van der Waals surface area contributed by atoms with Crippen LogP contribution in [0.25, 0.3) is 10.8 Å². The molecule has 21 heteroatoms. The molecule has 3 amide bonds. The van der Waals surface area contributed by atoms with Crippen LogP contribution in [0.2, 0.25) is 5.02 Å². The predicted octanol–water partition coefficient (Wildman–Crippen LogP) is 8.20. The zero-order valence-electron chi connectivity index (χ0n) is 32.0. The van der Waals surface area contributed by atoms with Crippen LogP contribution in [0.4, 0.5) is 27.5 Å². The summed E-state index contributed by atoms with van der Waals surface area (Å²) in [6, 6.07) is 20.9. The molecule has 18 nitrogen and oxygen atoms in total. The van der Waals surface area contributed by atoms with Gasteiger partial charge in [-0.2, -0.15) is 13.5 Å². The zero-order valence-corrected chi connectivity index (χ0v) is 34.4. The number of carbonyl (C=O) groups is 4. The maximum absolute atomic E-state index is 13.6. The largest absolute Gasteiger partial charge is 0.505 e. The summed E-state index contributed by atoms with van der Waals surface area (Å²) >= 11 is 6.64. The maximum atomic E-state index is 13.6. The molecule has 0 radical (unpaired) electrons. The Morgan fingerprint density at radius 1 is 0.933 bits per heavy atom. The van der Waals surface area contributed by atoms with Crippen molar-refractivity contribution in [3.05, 3.63) is 107 Å². The molecule has 0 fully saturated rings. The van der Waals surface area contributed by atoms with Gasteiger partial charge in [0.1, 0.15) is 18.0 Å². The number of fused-ring (bicyclic) bond motifs is 1. The molecule has 5 aromatic rings. The van der Waals surface area contributed by atoms with Crippen LogP contribution in [-0.4, -0.2) is 78.2 Å². The summed E-state index contributed by atoms with van der Waals surface area (Å²) in [4.78, 5) is 52.6. The molecule has 0 aliphatic rings. The molecule has 5 N–H and O–H groups in total. The quantitative estimate of drug-likeness (QED) is 0.0119. The Hall–Kier alpha value is -6.13. The van der Waals surface area contributed by atoms with Crippen LogP contribution < -0.4 is 15.4 Å². The molecular weight excluding hydrogens is 846 g/mol. The fraction of sp³-hybridized carbons (Fsp3) is 0.179. The molecule has 60 heavy (non-hydrogen) atoms. The predicted molar refractivity (Wildman–Crippen MR) is 220 cm³/mol. The average Bonchev–Trinajstić information content (AvgIpc) is 3.19. The van der Waals surface area contributed by atoms with Crippen LogP contribution in [0.1, 0.15) is 28.4 Å². The highest BCUT2D eigenvalue weighted by Crippen LogP contribution is 2.47. The number of benzene rings is 5. The second-order valence-corrected chi connectivity index (χ2v) is 15.5. The second-order valence-electron chi connectivity index (χ2n) is 12.9. The SMILES string of the molecule is CC(=O)Nc1cc(S(=O)(=O)O)cc2cc(SOOO)c(N=Nc3ccc(OCCN(C)C(=O)OC(C(=O)Nc4cc(C)ccc4Cl)C(=O)c4ccccc4C)cc3)c(O)c12. The van der Waals surface area contributed by atoms with Gasteiger partial charge in [0, 0.05) is 24.9 Å². The Balaban J connectivity index is 1.28. The molecule has 0 aliphatic heterocycles. The van der Waals surface area contributed by atoms with E-state index in [2.05, 4.69) is 30.2 Å². The number of nitrogens with one attached hydrogen (secondary N) is 2. The molecule has 0 bridgehead atoms. The first-order valence-corrected chi connectivity index (χ1v) is 20.0. The Labute approximate surface area is 351 Å². The van der Waals surface area contributed by atoms with Crippen molar-refractivity contribution in [2.45, 2.75) is 36.7 Å². The maximum Gasteiger partial charge on any atom is 0.410 e. The van der Waals surface area contributed by atoms with E-state index in [1.165, 1.54) is 43.4 Å². The number of carbonyl (C=O) groups excluding carboxylic acids is 4. The van der Waals surface area contributed by atoms with E-state index in [0.29, 0.717) is 23.4 Å². The van der Waals surface area contributed by atoms with Gasteiger partial charge in [-0.05, 0) is 85.0 Å². The van der Waals surface area contributed by atoms with Crippen LogP contribution in [0.5, 0.6) is 11.5 Å². The number of anilines is 2. The molecular formula is C39H36ClN5O13S2. The van der Waals surface area contributed by atoms with Gasteiger partial charge in [0.25, 0.3) is 16.0 Å². The Bertz CT molecular complexity index is 2590. The molecule has 0 aliphatic carbocycles. The standard InChI is InChI=1S/C39H36ClN5O13S2/c1-21-9-14-29(40)30(17-21)42-38(49)37(35(47)28-8-6-5-7-22(28)2)56-39(50)45(4)15-16-55-26-12-10-25(11-13-26)43-44-34-32(59-58-57-51)19-24-18-27(60(52,53)54)20-31(41-23(3)46)33(24)36(34)48/h5-14,17-20,37,48,51H,15-16H2,1-4H3,(H,41,46)(H,42,49)(H,52,53,54). The van der Waals surface area contributed by atoms with Gasteiger partial charge in [-0.15, -0.1) is 9.45 Å². The van der Waals surface area contributed by atoms with Crippen molar-refractivity contribution in [2.24, 2.45) is 10.2 Å². The number of rotatable bonds is 16. The van der Waals surface area contributed by atoms with Gasteiger partial charge < -0.3 is 30.1 Å². The van der Waals surface area contributed by atoms with E-state index in [-0.39, 0.29) is 62.2 Å². The number of amides is 3. The van der Waals surface area contributed by atoms with E-state index in [1.54, 1.807) is 50.2 Å². The smallest absolute Gasteiger partial charge is 0.410 e. The molecule has 0 spiro atoms. The third-order valence-electron chi connectivity index (χ3n) is 8.48. The monoisotopic (exact) mass is 881 g/mol. The van der Waals surface area contributed by atoms with Crippen molar-refractivity contribution in [2.75, 3.05) is 30.8 Å². The Morgan fingerprint density at radius 2 is 1.65 bits per heavy atom. The number of aryl methyl sites for hydroxylation is 2. The normalized spacial score (nSPS) is 11.9. The topological polar surface area (TPSA) is 252 Å². The average molecular weight is 882 g/mol. The van der Waals surface area contributed by atoms with Crippen molar-refractivity contribution in [3.63, 3.8) is 0 Å². The van der Waals surface area contributed by atoms with Crippen LogP contribution in [0.3, 0.4) is 0 Å². The summed E-state index contributed by atoms with van der Waals surface area (Å²) in [6.45, 7) is 4.58. The lowest BCUT2D eigenvalue weighted by Crippen LogP contribution is -2.43. The fourth-order valence-corrected chi connectivity index (χ4v) is 6.76. The molecule has 0 saturated carbocycles. The van der Waals surface area contributed by atoms with Crippen molar-refractivity contribution in [1.82, 2.24) is 4.90 Å². The number of phenols is 1. The highest BCUT2D eigenvalue weighted by atomic mass is 35.5. The summed E-state index contributed by atoms with van der Waals surface area (Å²) in [5.41, 5.74) is 1.67. The number of aromatic hydroxyl groups is 1. The minimum atomic E-state index is -4.74. The number of azo groups is 1. The Kier molecular flexibility index (Phi) is 14.8. The van der Waals surface area contributed by atoms with Crippen LogP contribution in [-0.2, 0) is 33.8 Å². The van der Waals surface area contributed by atoms with Crippen LogP contribution >= 0.6 is 23.6 Å². The van der Waals surface area contributed by atoms with Crippen molar-refractivity contribution < 1.29 is 61.4 Å². The molecule has 0 heterocycles. The number of phenolic OH excluding ortho intramolecular Hbond substituents is 1. The first-order valence-electron chi connectivity index (χ1n) is 17.4. The summed E-state index contributed by atoms with van der Waals surface area (Å²) in [7, 11) is -3.34. The lowest BCUT2D eigenvalue weighted by molar-refractivity contribution is -0.432. The van der Waals surface area contributed by atoms with Crippen molar-refractivity contribution in [1.29, 1.82) is 0 Å². The first-order chi connectivity index (χ1) is 28.5. The number of hydrogen-bond acceptors (Lipinski definition) is 15. The third kappa shape index (κ3) is 11.3. The van der Waals surface area contributed by atoms with E-state index in [9.17, 15) is 37.3 Å². The van der Waals surface area contributed by atoms with E-state index in [0.717, 1.165) is 29.5 Å². The van der Waals surface area contributed by atoms with E-state index in [1.807, 2.05) is 0 Å². The zero-order chi connectivity index (χ0) is 43.7. The fourth-order valence-electron chi connectivity index (χ4n) is 5.56. The summed E-state index contributed by atoms with van der Waals surface area (Å²) in [5, 5.41) is 37.1. The molecule has 0 aromatic heterocycles. The minimum absolute atomic E-state index is 0.0234. The van der Waals surface area contributed by atoms with Gasteiger partial charge in [-0.3, -0.25) is 18.9 Å². The van der Waals surface area contributed by atoms with Crippen LogP contribution in [0, 0.1) is 13.8 Å². The van der Waals surface area contributed by atoms with Crippen LogP contribution in [0.15, 0.2) is 105 Å². The van der Waals surface area contributed by atoms with E-state index < -0.39 is 50.6 Å². The summed E-state index contributed by atoms with van der Waals surface area (Å²) < 4.78 is 49.2. The van der Waals surface area contributed by atoms with E-state index in [4.69, 9.17) is 26.3 Å². The summed E-state index contributed by atoms with van der Waals surface area (Å²) in [5.74, 6) is -2.46. The third-order valence-corrected chi connectivity index (χ3v) is 10.3. The molecule has 5 rings (SSSR count). The number of ether oxygens (including phenoxy) is 2. The number of halogens is 1. The minimum Gasteiger partial charge on any atom is -0.505 e. The van der Waals surface area contributed by atoms with Crippen molar-refractivity contribution >= 4 is 91.0 Å². The molecule has 0 saturated heterocycles. The van der Waals surface area contributed by atoms with Gasteiger partial charge in [-0.25, -0.2) is 10.1 Å². The van der Waals surface area contributed by atoms with Gasteiger partial charge in [-0.1, -0.05) is 47.0 Å². The highest BCUT2D eigenvalue weighted by Gasteiger charge is 2.34. The second kappa shape index (κ2) is 19.7. The van der Waals surface area contributed by atoms with Gasteiger partial charge >= 0.3 is 6.09 Å². The first kappa shape index (κ1) is 45.0. The van der Waals surface area contributed by atoms with Crippen molar-refractivity contribution in [3.8, 4) is 11.5 Å². The van der Waals surface area contributed by atoms with Gasteiger partial charge in [0.05, 0.1) is 50.5 Å². The Morgan fingerprint density at radius 3 is 2.32 bits per heavy atom. The lowest BCUT2D eigenvalue weighted by atomic mass is 10.0. The number of hydrogen-bond donors (Lipinski definition) is 5. The summed E-state index contributed by atoms with van der Waals surface area (Å²) in [6.07, 6.45) is -2.82.